The molecule has 2 aromatic carbocycles. The molecule has 0 bridgehead atoms. The Kier molecular flexibility index (Phi) is 7.21. The Morgan fingerprint density at radius 2 is 1.80 bits per heavy atom. The Labute approximate surface area is 212 Å². The summed E-state index contributed by atoms with van der Waals surface area (Å²) in [4.78, 5) is 4.84. The summed E-state index contributed by atoms with van der Waals surface area (Å²) in [5, 5.41) is 8.07. The van der Waals surface area contributed by atoms with Crippen LogP contribution in [0.2, 0.25) is 5.02 Å². The normalized spacial score (nSPS) is 12.2. The van der Waals surface area contributed by atoms with Crippen molar-refractivity contribution in [1.82, 2.24) is 19.3 Å². The number of aromatic nitrogens is 3. The molecule has 0 atom stereocenters. The van der Waals surface area contributed by atoms with Crippen molar-refractivity contribution < 1.29 is 8.42 Å². The van der Waals surface area contributed by atoms with E-state index < -0.39 is 10.0 Å². The maximum absolute atomic E-state index is 12.8. The van der Waals surface area contributed by atoms with E-state index in [1.807, 2.05) is 36.4 Å². The summed E-state index contributed by atoms with van der Waals surface area (Å²) in [7, 11) is 2.41. The smallest absolute Gasteiger partial charge is 0.240 e. The number of benzene rings is 2. The molecule has 0 fully saturated rings. The van der Waals surface area contributed by atoms with E-state index in [0.29, 0.717) is 34.2 Å². The van der Waals surface area contributed by atoms with Crippen LogP contribution in [0.25, 0.3) is 16.9 Å². The monoisotopic (exact) mass is 507 g/mol. The van der Waals surface area contributed by atoms with Crippen LogP contribution in [0, 0.1) is 0 Å². The first-order valence-corrected chi connectivity index (χ1v) is 13.2. The molecule has 10 heteroatoms. The maximum atomic E-state index is 12.8. The molecule has 35 heavy (non-hydrogen) atoms. The standard InChI is InChI=1S/C25H27BClN5O2S/c1-4-25(2,3)17-9-11-18(12-10-17)35(33,34)30-14-13-28-23-15-22(19-7-5-6-8-21(19)27)31-24-20(26)16-29-32(23)24/h5-12,15-16,28,30H,4,13-14H2,1-3H3. The minimum atomic E-state index is -3.64. The Morgan fingerprint density at radius 3 is 2.49 bits per heavy atom. The Bertz CT molecular complexity index is 1450. The molecular weight excluding hydrogens is 481 g/mol. The predicted octanol–water partition coefficient (Wildman–Crippen LogP) is 3.92. The summed E-state index contributed by atoms with van der Waals surface area (Å²) in [5.74, 6) is 0.618. The van der Waals surface area contributed by atoms with E-state index in [1.54, 1.807) is 22.7 Å². The average Bonchev–Trinajstić information content (AvgIpc) is 3.23. The van der Waals surface area contributed by atoms with Gasteiger partial charge in [0.05, 0.1) is 10.6 Å². The lowest BCUT2D eigenvalue weighted by Gasteiger charge is -2.23. The molecule has 0 aliphatic heterocycles. The average molecular weight is 508 g/mol. The number of fused-ring (bicyclic) bond motifs is 1. The minimum Gasteiger partial charge on any atom is -0.369 e. The zero-order chi connectivity index (χ0) is 25.2. The summed E-state index contributed by atoms with van der Waals surface area (Å²) in [6.45, 7) is 6.89. The molecule has 0 aliphatic rings. The van der Waals surface area contributed by atoms with E-state index >= 15 is 0 Å². The third kappa shape index (κ3) is 5.37. The molecule has 0 unspecified atom stereocenters. The van der Waals surface area contributed by atoms with Gasteiger partial charge in [-0.05, 0) is 41.1 Å². The Balaban J connectivity index is 1.48. The lowest BCUT2D eigenvalue weighted by atomic mass is 9.82. The van der Waals surface area contributed by atoms with Crippen molar-refractivity contribution in [2.75, 3.05) is 18.4 Å². The van der Waals surface area contributed by atoms with E-state index in [9.17, 15) is 8.42 Å². The van der Waals surface area contributed by atoms with Crippen molar-refractivity contribution in [2.45, 2.75) is 37.5 Å². The molecule has 2 N–H and O–H groups in total. The van der Waals surface area contributed by atoms with E-state index in [0.717, 1.165) is 17.5 Å². The first-order chi connectivity index (χ1) is 16.6. The topological polar surface area (TPSA) is 88.4 Å². The Hall–Kier alpha value is -2.88. The number of rotatable bonds is 9. The molecule has 0 amide bonds. The van der Waals surface area contributed by atoms with E-state index in [4.69, 9.17) is 19.4 Å². The molecule has 2 heterocycles. The van der Waals surface area contributed by atoms with Crippen LogP contribution in [-0.2, 0) is 15.4 Å². The lowest BCUT2D eigenvalue weighted by Crippen LogP contribution is -2.29. The molecule has 0 aliphatic carbocycles. The van der Waals surface area contributed by atoms with Crippen molar-refractivity contribution in [3.8, 4) is 11.3 Å². The lowest BCUT2D eigenvalue weighted by molar-refractivity contribution is 0.505. The molecule has 7 nitrogen and oxygen atoms in total. The third-order valence-electron chi connectivity index (χ3n) is 6.20. The number of nitrogens with one attached hydrogen (secondary N) is 2. The molecule has 4 aromatic rings. The fourth-order valence-corrected chi connectivity index (χ4v) is 4.93. The summed E-state index contributed by atoms with van der Waals surface area (Å²) in [6, 6.07) is 16.3. The highest BCUT2D eigenvalue weighted by molar-refractivity contribution is 7.89. The number of hydrogen-bond donors (Lipinski definition) is 2. The van der Waals surface area contributed by atoms with E-state index in [1.165, 1.54) is 6.20 Å². The largest absolute Gasteiger partial charge is 0.369 e. The van der Waals surface area contributed by atoms with Gasteiger partial charge in [-0.3, -0.25) is 0 Å². The van der Waals surface area contributed by atoms with Crippen LogP contribution < -0.4 is 15.5 Å². The van der Waals surface area contributed by atoms with Crippen LogP contribution in [-0.4, -0.2) is 44.0 Å². The van der Waals surface area contributed by atoms with Crippen LogP contribution in [0.5, 0.6) is 0 Å². The fraction of sp³-hybridized carbons (Fsp3) is 0.280. The van der Waals surface area contributed by atoms with E-state index in [2.05, 4.69) is 40.9 Å². The SMILES string of the molecule is [B]c1cnn2c(NCCNS(=O)(=O)c3ccc(C(C)(C)CC)cc3)cc(-c3ccccc3Cl)nc12. The molecule has 180 valence electrons. The van der Waals surface area contributed by atoms with Crippen molar-refractivity contribution in [2.24, 2.45) is 0 Å². The zero-order valence-electron chi connectivity index (χ0n) is 19.9. The van der Waals surface area contributed by atoms with E-state index in [-0.39, 0.29) is 16.9 Å². The van der Waals surface area contributed by atoms with Gasteiger partial charge in [0.2, 0.25) is 10.0 Å². The molecule has 2 radical (unpaired) electrons. The van der Waals surface area contributed by atoms with Crippen LogP contribution in [0.4, 0.5) is 5.82 Å². The van der Waals surface area contributed by atoms with Gasteiger partial charge in [-0.25, -0.2) is 18.1 Å². The highest BCUT2D eigenvalue weighted by Crippen LogP contribution is 2.29. The van der Waals surface area contributed by atoms with Gasteiger partial charge < -0.3 is 5.32 Å². The van der Waals surface area contributed by atoms with Crippen molar-refractivity contribution in [1.29, 1.82) is 0 Å². The van der Waals surface area contributed by atoms with Crippen LogP contribution in [0.3, 0.4) is 0 Å². The van der Waals surface area contributed by atoms with Gasteiger partial charge in [-0.2, -0.15) is 9.61 Å². The predicted molar refractivity (Wildman–Crippen MR) is 142 cm³/mol. The van der Waals surface area contributed by atoms with Crippen molar-refractivity contribution in [3.05, 3.63) is 71.4 Å². The number of anilines is 1. The molecule has 4 rings (SSSR count). The van der Waals surface area contributed by atoms with Gasteiger partial charge in [-0.15, -0.1) is 0 Å². The minimum absolute atomic E-state index is 0.00571. The second-order valence-corrected chi connectivity index (χ2v) is 11.1. The second-order valence-electron chi connectivity index (χ2n) is 8.93. The number of halogens is 1. The second kappa shape index (κ2) is 10.0. The van der Waals surface area contributed by atoms with Gasteiger partial charge in [-0.1, -0.05) is 62.7 Å². The molecule has 0 saturated carbocycles. The van der Waals surface area contributed by atoms with Crippen LogP contribution in [0.15, 0.2) is 65.7 Å². The van der Waals surface area contributed by atoms with Gasteiger partial charge in [0.1, 0.15) is 13.7 Å². The third-order valence-corrected chi connectivity index (χ3v) is 8.01. The highest BCUT2D eigenvalue weighted by Gasteiger charge is 2.20. The van der Waals surface area contributed by atoms with Crippen LogP contribution in [0.1, 0.15) is 32.8 Å². The van der Waals surface area contributed by atoms with Crippen molar-refractivity contribution in [3.63, 3.8) is 0 Å². The zero-order valence-corrected chi connectivity index (χ0v) is 21.5. The Morgan fingerprint density at radius 1 is 1.09 bits per heavy atom. The van der Waals surface area contributed by atoms with Gasteiger partial charge in [0, 0.05) is 35.9 Å². The molecular formula is C25H27BClN5O2S. The first kappa shape index (κ1) is 25.2. The summed E-state index contributed by atoms with van der Waals surface area (Å²) >= 11 is 6.36. The summed E-state index contributed by atoms with van der Waals surface area (Å²) < 4.78 is 29.8. The van der Waals surface area contributed by atoms with Gasteiger partial charge in [0.25, 0.3) is 0 Å². The maximum Gasteiger partial charge on any atom is 0.240 e. The number of nitrogens with zero attached hydrogens (tertiary/aromatic N) is 3. The highest BCUT2D eigenvalue weighted by atomic mass is 35.5. The van der Waals surface area contributed by atoms with Crippen LogP contribution >= 0.6 is 11.6 Å². The van der Waals surface area contributed by atoms with Gasteiger partial charge in [0.15, 0.2) is 5.65 Å². The van der Waals surface area contributed by atoms with Crippen molar-refractivity contribution >= 4 is 46.4 Å². The summed E-state index contributed by atoms with van der Waals surface area (Å²) in [5.41, 5.74) is 3.41. The number of sulfonamides is 1. The quantitative estimate of drug-likeness (QED) is 0.265. The number of hydrogen-bond acceptors (Lipinski definition) is 5. The first-order valence-electron chi connectivity index (χ1n) is 11.4. The van der Waals surface area contributed by atoms with Gasteiger partial charge >= 0.3 is 0 Å². The molecule has 0 saturated heterocycles. The molecule has 0 spiro atoms. The fourth-order valence-electron chi connectivity index (χ4n) is 3.66. The molecule has 2 aromatic heterocycles. The summed E-state index contributed by atoms with van der Waals surface area (Å²) in [6.07, 6.45) is 2.49.